The molecular weight excluding hydrogens is 1220 g/mol. The highest BCUT2D eigenvalue weighted by Crippen LogP contribution is 2.45. The third-order valence-electron chi connectivity index (χ3n) is 17.2. The summed E-state index contributed by atoms with van der Waals surface area (Å²) in [7, 11) is -9.91. The van der Waals surface area contributed by atoms with Crippen LogP contribution < -0.4 is 0 Å². The minimum Gasteiger partial charge on any atom is -0.462 e. The van der Waals surface area contributed by atoms with Crippen LogP contribution in [0.2, 0.25) is 0 Å². The summed E-state index contributed by atoms with van der Waals surface area (Å²) in [5.74, 6) is -0.670. The summed E-state index contributed by atoms with van der Waals surface area (Å²) in [5, 5.41) is 10.6. The molecule has 17 nitrogen and oxygen atoms in total. The van der Waals surface area contributed by atoms with Crippen LogP contribution in [0.4, 0.5) is 0 Å². The van der Waals surface area contributed by atoms with Crippen LogP contribution in [0.1, 0.15) is 382 Å². The molecule has 0 aliphatic carbocycles. The number of aliphatic hydroxyl groups excluding tert-OH is 1. The standard InChI is InChI=1S/C74H144O17P2/c1-7-9-11-13-15-17-19-21-22-23-24-25-26-27-29-33-40-47-53-59-74(79)90-69(62-84-71(76)56-50-44-38-34-30-31-36-42-48-54-66(3)4)64-88-92(80,81)86-60-68(75)61-87-93(82,83)89-65-70(63-85-72(77)57-51-45-41-35-37-43-49-55-67(5)6)91-73(78)58-52-46-39-32-28-20-18-16-14-12-10-8-2/h66-70,75H,7-65H2,1-6H3,(H,80,81)(H,82,83)/t68-,69-,70-/m1/s1. The summed E-state index contributed by atoms with van der Waals surface area (Å²) < 4.78 is 68.4. The maximum Gasteiger partial charge on any atom is 0.472 e. The van der Waals surface area contributed by atoms with Gasteiger partial charge in [-0.2, -0.15) is 0 Å². The monoisotopic (exact) mass is 1370 g/mol. The van der Waals surface area contributed by atoms with Gasteiger partial charge < -0.3 is 33.8 Å². The van der Waals surface area contributed by atoms with Crippen molar-refractivity contribution in [2.45, 2.75) is 400 Å². The SMILES string of the molecule is CCCCCCCCCCCCCCCCCCCCCC(=O)O[C@H](COC(=O)CCCCCCCCCCCC(C)C)COP(=O)(O)OC[C@@H](O)COP(=O)(O)OC[C@@H](COC(=O)CCCCCCCCCC(C)C)OC(=O)CCCCCCCCCCCCCC. The highest BCUT2D eigenvalue weighted by molar-refractivity contribution is 7.47. The average Bonchev–Trinajstić information content (AvgIpc) is 3.25. The second-order valence-corrected chi connectivity index (χ2v) is 30.5. The fourth-order valence-corrected chi connectivity index (χ4v) is 12.9. The number of rotatable bonds is 73. The summed E-state index contributed by atoms with van der Waals surface area (Å²) >= 11 is 0. The minimum absolute atomic E-state index is 0.107. The van der Waals surface area contributed by atoms with Gasteiger partial charge in [-0.25, -0.2) is 9.13 Å². The van der Waals surface area contributed by atoms with Gasteiger partial charge in [-0.1, -0.05) is 330 Å². The Morgan fingerprint density at radius 2 is 0.495 bits per heavy atom. The molecule has 3 N–H and O–H groups in total. The van der Waals surface area contributed by atoms with Gasteiger partial charge in [0.1, 0.15) is 19.3 Å². The molecular formula is C74H144O17P2. The largest absolute Gasteiger partial charge is 0.472 e. The van der Waals surface area contributed by atoms with Crippen molar-refractivity contribution >= 4 is 39.5 Å². The van der Waals surface area contributed by atoms with E-state index >= 15 is 0 Å². The molecule has 0 spiro atoms. The summed E-state index contributed by atoms with van der Waals surface area (Å²) in [5.41, 5.74) is 0. The van der Waals surface area contributed by atoms with Crippen molar-refractivity contribution in [2.24, 2.45) is 11.8 Å². The number of carbonyl (C=O) groups is 4. The van der Waals surface area contributed by atoms with Gasteiger partial charge in [0.15, 0.2) is 12.2 Å². The molecule has 0 radical (unpaired) electrons. The Labute approximate surface area is 568 Å². The molecule has 0 aliphatic heterocycles. The van der Waals surface area contributed by atoms with Crippen molar-refractivity contribution < 1.29 is 80.2 Å². The Morgan fingerprint density at radius 3 is 0.731 bits per heavy atom. The lowest BCUT2D eigenvalue weighted by Crippen LogP contribution is -2.30. The summed E-state index contributed by atoms with van der Waals surface area (Å²) in [6.45, 7) is 9.51. The number of hydrogen-bond donors (Lipinski definition) is 3. The molecule has 0 amide bonds. The smallest absolute Gasteiger partial charge is 0.462 e. The summed E-state index contributed by atoms with van der Waals surface area (Å²) in [4.78, 5) is 72.7. The first-order chi connectivity index (χ1) is 44.9. The molecule has 0 aromatic rings. The third-order valence-corrected chi connectivity index (χ3v) is 19.1. The van der Waals surface area contributed by atoms with Crippen molar-refractivity contribution in [2.75, 3.05) is 39.6 Å². The topological polar surface area (TPSA) is 237 Å². The molecule has 0 saturated carbocycles. The fourth-order valence-electron chi connectivity index (χ4n) is 11.3. The van der Waals surface area contributed by atoms with E-state index < -0.39 is 97.5 Å². The van der Waals surface area contributed by atoms with Crippen LogP contribution in [0.3, 0.4) is 0 Å². The van der Waals surface area contributed by atoms with Gasteiger partial charge in [-0.3, -0.25) is 37.3 Å². The van der Waals surface area contributed by atoms with Crippen LogP contribution in [0.15, 0.2) is 0 Å². The van der Waals surface area contributed by atoms with Gasteiger partial charge in [-0.05, 0) is 37.5 Å². The van der Waals surface area contributed by atoms with Gasteiger partial charge in [0.2, 0.25) is 0 Å². The molecule has 0 rings (SSSR count). The normalized spacial score (nSPS) is 14.1. The predicted octanol–water partition coefficient (Wildman–Crippen LogP) is 21.6. The van der Waals surface area contributed by atoms with Crippen molar-refractivity contribution in [3.05, 3.63) is 0 Å². The molecule has 0 saturated heterocycles. The molecule has 0 fully saturated rings. The second kappa shape index (κ2) is 66.0. The Bertz CT molecular complexity index is 1800. The van der Waals surface area contributed by atoms with Crippen LogP contribution in [0.25, 0.3) is 0 Å². The average molecular weight is 1370 g/mol. The zero-order valence-corrected chi connectivity index (χ0v) is 62.3. The van der Waals surface area contributed by atoms with E-state index in [1.54, 1.807) is 0 Å². The van der Waals surface area contributed by atoms with E-state index in [0.717, 1.165) is 102 Å². The molecule has 19 heteroatoms. The van der Waals surface area contributed by atoms with Crippen molar-refractivity contribution in [1.29, 1.82) is 0 Å². The van der Waals surface area contributed by atoms with Crippen molar-refractivity contribution in [3.8, 4) is 0 Å². The Morgan fingerprint density at radius 1 is 0.290 bits per heavy atom. The number of esters is 4. The van der Waals surface area contributed by atoms with Crippen molar-refractivity contribution in [3.63, 3.8) is 0 Å². The van der Waals surface area contributed by atoms with E-state index in [1.807, 2.05) is 0 Å². The first-order valence-corrected chi connectivity index (χ1v) is 41.5. The van der Waals surface area contributed by atoms with Crippen LogP contribution in [0, 0.1) is 11.8 Å². The lowest BCUT2D eigenvalue weighted by molar-refractivity contribution is -0.161. The Kier molecular flexibility index (Phi) is 64.6. The number of phosphoric acid groups is 2. The number of hydrogen-bond acceptors (Lipinski definition) is 15. The molecule has 0 aliphatic rings. The molecule has 0 heterocycles. The lowest BCUT2D eigenvalue weighted by Gasteiger charge is -2.21. The highest BCUT2D eigenvalue weighted by Gasteiger charge is 2.30. The highest BCUT2D eigenvalue weighted by atomic mass is 31.2. The molecule has 0 bridgehead atoms. The quantitative estimate of drug-likeness (QED) is 0.0222. The van der Waals surface area contributed by atoms with E-state index in [1.165, 1.54) is 193 Å². The molecule has 0 aromatic carbocycles. The zero-order valence-electron chi connectivity index (χ0n) is 60.6. The number of aliphatic hydroxyl groups is 1. The van der Waals surface area contributed by atoms with Gasteiger partial charge in [0.25, 0.3) is 0 Å². The summed E-state index contributed by atoms with van der Waals surface area (Å²) in [6, 6.07) is 0. The maximum absolute atomic E-state index is 13.1. The van der Waals surface area contributed by atoms with Gasteiger partial charge in [0.05, 0.1) is 26.4 Å². The fraction of sp³-hybridized carbons (Fsp3) is 0.946. The molecule has 0 aromatic heterocycles. The van der Waals surface area contributed by atoms with Crippen molar-refractivity contribution in [1.82, 2.24) is 0 Å². The molecule has 552 valence electrons. The number of unbranched alkanes of at least 4 members (excludes halogenated alkanes) is 43. The molecule has 2 unspecified atom stereocenters. The van der Waals surface area contributed by atoms with Gasteiger partial charge in [0, 0.05) is 25.7 Å². The first kappa shape index (κ1) is 91.1. The van der Waals surface area contributed by atoms with Gasteiger partial charge in [-0.15, -0.1) is 0 Å². The summed E-state index contributed by atoms with van der Waals surface area (Å²) in [6.07, 6.45) is 52.8. The minimum atomic E-state index is -4.95. The maximum atomic E-state index is 13.1. The van der Waals surface area contributed by atoms with Gasteiger partial charge >= 0.3 is 39.5 Å². The van der Waals surface area contributed by atoms with Crippen LogP contribution in [0.5, 0.6) is 0 Å². The van der Waals surface area contributed by atoms with E-state index in [0.29, 0.717) is 31.6 Å². The zero-order chi connectivity index (χ0) is 68.6. The Hall–Kier alpha value is -1.94. The third kappa shape index (κ3) is 68.4. The van der Waals surface area contributed by atoms with Crippen LogP contribution in [-0.2, 0) is 65.4 Å². The van der Waals surface area contributed by atoms with Crippen LogP contribution >= 0.6 is 15.6 Å². The van der Waals surface area contributed by atoms with E-state index in [4.69, 9.17) is 37.0 Å². The van der Waals surface area contributed by atoms with E-state index in [-0.39, 0.29) is 25.7 Å². The number of carbonyl (C=O) groups excluding carboxylic acids is 4. The van der Waals surface area contributed by atoms with E-state index in [9.17, 15) is 43.2 Å². The molecule has 93 heavy (non-hydrogen) atoms. The van der Waals surface area contributed by atoms with E-state index in [2.05, 4.69) is 41.5 Å². The first-order valence-electron chi connectivity index (χ1n) is 38.5. The predicted molar refractivity (Wildman–Crippen MR) is 377 cm³/mol. The number of phosphoric ester groups is 2. The second-order valence-electron chi connectivity index (χ2n) is 27.6. The molecule has 5 atom stereocenters. The number of ether oxygens (including phenoxy) is 4. The Balaban J connectivity index is 5.22. The van der Waals surface area contributed by atoms with Crippen LogP contribution in [-0.4, -0.2) is 96.7 Å². The lowest BCUT2D eigenvalue weighted by atomic mass is 10.0.